The second kappa shape index (κ2) is 20.7. The molecule has 0 aliphatic carbocycles. The van der Waals surface area contributed by atoms with E-state index in [1.807, 2.05) is 18.3 Å². The van der Waals surface area contributed by atoms with Crippen LogP contribution >= 0.6 is 0 Å². The number of anilines is 4. The van der Waals surface area contributed by atoms with E-state index in [-0.39, 0.29) is 48.1 Å². The van der Waals surface area contributed by atoms with Crippen molar-refractivity contribution in [1.29, 1.82) is 0 Å². The van der Waals surface area contributed by atoms with Crippen LogP contribution in [0.4, 0.5) is 22.7 Å². The SMILES string of the molecule is CC(C)(C)c1cccc(-c2ccc(-c3cc(C(C)(C)C)cc(-c4cccc(C(C)(C)C)c4)c3N3[CH-]N(c4[c-]c(Oc5[c-]c6c(cc5)c5ccccc5n6-c5cc(C(C)(C)C)ccn5)ccc4)c4cc(C(C)(C)C)ccc43)cc2)c1.[Pt]. The van der Waals surface area contributed by atoms with Crippen molar-refractivity contribution in [2.75, 3.05) is 9.80 Å². The Morgan fingerprint density at radius 1 is 0.412 bits per heavy atom. The number of hydrogen-bond donors (Lipinski definition) is 0. The summed E-state index contributed by atoms with van der Waals surface area (Å²) in [5.41, 5.74) is 19.2. The number of rotatable bonds is 8. The third-order valence-corrected chi connectivity index (χ3v) is 15.7. The van der Waals surface area contributed by atoms with Crippen molar-refractivity contribution < 1.29 is 25.8 Å². The zero-order valence-electron chi connectivity index (χ0n) is 49.3. The molecule has 1 aliphatic rings. The Labute approximate surface area is 491 Å². The average Bonchev–Trinajstić information content (AvgIpc) is 4.16. The standard InChI is InChI=1S/C74H75N4O.Pt/c1-70(2,3)52-23-18-21-50(39-52)48-29-31-49(32-30-48)62-41-56(74(13,14)15)42-63(51-22-19-24-53(40-51)71(4,5)6)69(62)77-47-76(67-43-54(72(7,8)9)33-36-65(67)77)57-25-20-26-58(45-57)79-59-34-35-61-60-27-16-17-28-64(60)78(66(61)46-59)68-44-55(37-38-75-68)73(10,11)12;/h16-44,47H,1-15H3;/q-3;. The van der Waals surface area contributed by atoms with Gasteiger partial charge in [-0.05, 0) is 125 Å². The summed E-state index contributed by atoms with van der Waals surface area (Å²) < 4.78 is 9.04. The van der Waals surface area contributed by atoms with Crippen LogP contribution in [0.2, 0.25) is 0 Å². The molecule has 0 saturated heterocycles. The van der Waals surface area contributed by atoms with Crippen LogP contribution in [0.5, 0.6) is 11.5 Å². The molecule has 0 fully saturated rings. The van der Waals surface area contributed by atoms with Crippen molar-refractivity contribution in [3.8, 4) is 50.7 Å². The molecule has 10 aromatic rings. The molecular weight excluding hydrogens is 1160 g/mol. The first-order valence-corrected chi connectivity index (χ1v) is 28.0. The Balaban J connectivity index is 0.00000720. The summed E-state index contributed by atoms with van der Waals surface area (Å²) in [5.74, 6) is 2.04. The maximum atomic E-state index is 6.83. The summed E-state index contributed by atoms with van der Waals surface area (Å²) in [4.78, 5) is 9.63. The van der Waals surface area contributed by atoms with Crippen LogP contribution in [0.1, 0.15) is 132 Å². The molecule has 5 nitrogen and oxygen atoms in total. The van der Waals surface area contributed by atoms with E-state index in [1.54, 1.807) is 0 Å². The number of para-hydroxylation sites is 1. The summed E-state index contributed by atoms with van der Waals surface area (Å²) in [7, 11) is 0. The van der Waals surface area contributed by atoms with E-state index in [0.29, 0.717) is 11.5 Å². The van der Waals surface area contributed by atoms with Crippen LogP contribution in [0.3, 0.4) is 0 Å². The molecule has 0 N–H and O–H groups in total. The predicted molar refractivity (Wildman–Crippen MR) is 334 cm³/mol. The molecule has 6 heteroatoms. The minimum atomic E-state index is -0.139. The minimum absolute atomic E-state index is 0. The molecule has 80 heavy (non-hydrogen) atoms. The van der Waals surface area contributed by atoms with Crippen molar-refractivity contribution in [2.45, 2.75) is 131 Å². The molecule has 410 valence electrons. The molecule has 8 aromatic carbocycles. The van der Waals surface area contributed by atoms with Crippen molar-refractivity contribution in [3.63, 3.8) is 0 Å². The fraction of sp³-hybridized carbons (Fsp3) is 0.270. The number of nitrogens with zero attached hydrogens (tertiary/aromatic N) is 4. The molecule has 2 aromatic heterocycles. The van der Waals surface area contributed by atoms with Gasteiger partial charge in [0.1, 0.15) is 5.82 Å². The van der Waals surface area contributed by atoms with Crippen LogP contribution in [-0.4, -0.2) is 9.55 Å². The Bertz CT molecular complexity index is 3940. The van der Waals surface area contributed by atoms with Crippen molar-refractivity contribution in [1.82, 2.24) is 9.55 Å². The number of fused-ring (bicyclic) bond motifs is 4. The molecule has 0 unspecified atom stereocenters. The Morgan fingerprint density at radius 2 is 0.975 bits per heavy atom. The zero-order valence-corrected chi connectivity index (χ0v) is 51.6. The summed E-state index contributed by atoms with van der Waals surface area (Å²) >= 11 is 0. The largest absolute Gasteiger partial charge is 0.509 e. The smallest absolute Gasteiger partial charge is 0.135 e. The molecule has 0 amide bonds. The Hall–Kier alpha value is -7.20. The van der Waals surface area contributed by atoms with Gasteiger partial charge in [0.05, 0.1) is 0 Å². The van der Waals surface area contributed by atoms with E-state index < -0.39 is 0 Å². The Kier molecular flexibility index (Phi) is 14.5. The predicted octanol–water partition coefficient (Wildman–Crippen LogP) is 20.5. The molecule has 0 spiro atoms. The topological polar surface area (TPSA) is 33.5 Å². The van der Waals surface area contributed by atoms with Crippen LogP contribution in [0, 0.1) is 18.8 Å². The molecule has 0 radical (unpaired) electrons. The average molecular weight is 1230 g/mol. The molecule has 0 atom stereocenters. The number of aromatic nitrogens is 2. The van der Waals surface area contributed by atoms with Gasteiger partial charge in [-0.25, -0.2) is 4.98 Å². The molecule has 1 aliphatic heterocycles. The monoisotopic (exact) mass is 1230 g/mol. The van der Waals surface area contributed by atoms with Gasteiger partial charge >= 0.3 is 0 Å². The molecular formula is C74H75N4OPt-3. The summed E-state index contributed by atoms with van der Waals surface area (Å²) in [6, 6.07) is 69.8. The van der Waals surface area contributed by atoms with E-state index in [4.69, 9.17) is 9.72 Å². The van der Waals surface area contributed by atoms with Crippen LogP contribution in [0.15, 0.2) is 176 Å². The van der Waals surface area contributed by atoms with E-state index in [2.05, 4.69) is 295 Å². The third-order valence-electron chi connectivity index (χ3n) is 15.7. The first-order chi connectivity index (χ1) is 37.3. The second-order valence-electron chi connectivity index (χ2n) is 26.8. The minimum Gasteiger partial charge on any atom is -0.509 e. The van der Waals surface area contributed by atoms with Gasteiger partial charge in [-0.3, -0.25) is 0 Å². The van der Waals surface area contributed by atoms with Crippen LogP contribution in [0.25, 0.3) is 61.0 Å². The maximum absolute atomic E-state index is 6.83. The van der Waals surface area contributed by atoms with E-state index >= 15 is 0 Å². The van der Waals surface area contributed by atoms with Gasteiger partial charge in [0.2, 0.25) is 0 Å². The van der Waals surface area contributed by atoms with Crippen LogP contribution < -0.4 is 14.5 Å². The first kappa shape index (κ1) is 56.1. The van der Waals surface area contributed by atoms with Gasteiger partial charge in [-0.15, -0.1) is 48.1 Å². The molecule has 11 rings (SSSR count). The van der Waals surface area contributed by atoms with Gasteiger partial charge in [0, 0.05) is 72.5 Å². The van der Waals surface area contributed by atoms with Gasteiger partial charge < -0.3 is 19.1 Å². The molecule has 0 bridgehead atoms. The number of pyridine rings is 1. The fourth-order valence-electron chi connectivity index (χ4n) is 10.9. The first-order valence-electron chi connectivity index (χ1n) is 28.0. The van der Waals surface area contributed by atoms with E-state index in [0.717, 1.165) is 61.5 Å². The van der Waals surface area contributed by atoms with E-state index in [1.165, 1.54) is 50.1 Å². The van der Waals surface area contributed by atoms with Crippen molar-refractivity contribution >= 4 is 44.6 Å². The maximum Gasteiger partial charge on any atom is 0.135 e. The van der Waals surface area contributed by atoms with Gasteiger partial charge in [0.15, 0.2) is 0 Å². The summed E-state index contributed by atoms with van der Waals surface area (Å²) in [6.45, 7) is 36.5. The van der Waals surface area contributed by atoms with Gasteiger partial charge in [0.25, 0.3) is 0 Å². The normalized spacial score (nSPS) is 13.2. The quantitative estimate of drug-likeness (QED) is 0.142. The number of hydrogen-bond acceptors (Lipinski definition) is 4. The molecule has 3 heterocycles. The number of ether oxygens (including phenoxy) is 1. The number of benzene rings is 8. The Morgan fingerprint density at radius 3 is 1.64 bits per heavy atom. The van der Waals surface area contributed by atoms with Crippen molar-refractivity contribution in [3.05, 3.63) is 223 Å². The zero-order chi connectivity index (χ0) is 56.0. The summed E-state index contributed by atoms with van der Waals surface area (Å²) in [5, 5.41) is 2.22. The van der Waals surface area contributed by atoms with Gasteiger partial charge in [-0.1, -0.05) is 206 Å². The summed E-state index contributed by atoms with van der Waals surface area (Å²) in [6.07, 6.45) is 1.91. The second-order valence-corrected chi connectivity index (χ2v) is 26.8. The van der Waals surface area contributed by atoms with E-state index in [9.17, 15) is 0 Å². The fourth-order valence-corrected chi connectivity index (χ4v) is 10.9. The van der Waals surface area contributed by atoms with Crippen molar-refractivity contribution in [2.24, 2.45) is 0 Å². The van der Waals surface area contributed by atoms with Gasteiger partial charge in [-0.2, -0.15) is 12.1 Å². The van der Waals surface area contributed by atoms with Crippen LogP contribution in [-0.2, 0) is 48.1 Å². The molecule has 0 saturated carbocycles. The third kappa shape index (κ3) is 10.9.